The average Bonchev–Trinajstić information content (AvgIpc) is 2.40. The molecule has 20 heavy (non-hydrogen) atoms. The third kappa shape index (κ3) is 17.1. The van der Waals surface area contributed by atoms with E-state index >= 15 is 0 Å². The lowest BCUT2D eigenvalue weighted by Gasteiger charge is -2.07. The topological polar surface area (TPSA) is 76.0 Å². The Kier molecular flexibility index (Phi) is 15.5. The van der Waals surface area contributed by atoms with Gasteiger partial charge in [0.1, 0.15) is 6.61 Å². The van der Waals surface area contributed by atoms with E-state index < -0.39 is 12.1 Å². The van der Waals surface area contributed by atoms with Crippen LogP contribution in [0, 0.1) is 0 Å². The molecule has 5 heteroatoms. The Hall–Kier alpha value is -0.910. The minimum absolute atomic E-state index is 0.0577. The van der Waals surface area contributed by atoms with E-state index in [0.717, 1.165) is 19.4 Å². The van der Waals surface area contributed by atoms with Crippen molar-refractivity contribution in [2.24, 2.45) is 0 Å². The van der Waals surface area contributed by atoms with Gasteiger partial charge in [-0.15, -0.1) is 0 Å². The first kappa shape index (κ1) is 21.4. The van der Waals surface area contributed by atoms with Gasteiger partial charge in [0.2, 0.25) is 0 Å². The highest BCUT2D eigenvalue weighted by Crippen LogP contribution is 1.96. The minimum Gasteiger partial charge on any atom is -0.460 e. The van der Waals surface area contributed by atoms with Gasteiger partial charge in [-0.05, 0) is 26.7 Å². The smallest absolute Gasteiger partial charge is 0.333 e. The number of hydrogen-bond acceptors (Lipinski definition) is 5. The first-order valence-corrected chi connectivity index (χ1v) is 7.11. The predicted octanol–water partition coefficient (Wildman–Crippen LogP) is 2.06. The van der Waals surface area contributed by atoms with E-state index in [-0.39, 0.29) is 12.7 Å². The molecule has 0 aromatic heterocycles. The molecule has 0 aliphatic heterocycles. The molecule has 0 fully saturated rings. The summed E-state index contributed by atoms with van der Waals surface area (Å²) in [5.74, 6) is -0.447. The summed E-state index contributed by atoms with van der Waals surface area (Å²) in [6.07, 6.45) is 1.95. The third-order valence-electron chi connectivity index (χ3n) is 2.23. The fraction of sp³-hybridized carbons (Fsp3) is 0.800. The molecule has 0 saturated carbocycles. The molecule has 0 amide bonds. The van der Waals surface area contributed by atoms with E-state index in [9.17, 15) is 4.79 Å². The van der Waals surface area contributed by atoms with Gasteiger partial charge in [-0.25, -0.2) is 4.79 Å². The number of aliphatic hydroxyl groups excluding tert-OH is 2. The molecular formula is C15H30O5. The fourth-order valence-corrected chi connectivity index (χ4v) is 0.913. The largest absolute Gasteiger partial charge is 0.460 e. The molecule has 0 aliphatic carbocycles. The van der Waals surface area contributed by atoms with Gasteiger partial charge in [-0.2, -0.15) is 0 Å². The zero-order valence-corrected chi connectivity index (χ0v) is 13.2. The number of aliphatic hydroxyl groups is 2. The van der Waals surface area contributed by atoms with Crippen LogP contribution in [0.3, 0.4) is 0 Å². The molecule has 0 aromatic rings. The van der Waals surface area contributed by atoms with Crippen molar-refractivity contribution in [3.8, 4) is 0 Å². The zero-order valence-electron chi connectivity index (χ0n) is 13.2. The lowest BCUT2D eigenvalue weighted by molar-refractivity contribution is -0.141. The number of carbonyl (C=O) groups is 1. The second-order valence-electron chi connectivity index (χ2n) is 4.72. The summed E-state index contributed by atoms with van der Waals surface area (Å²) in [5, 5.41) is 17.7. The molecule has 2 N–H and O–H groups in total. The molecule has 0 bridgehead atoms. The summed E-state index contributed by atoms with van der Waals surface area (Å²) in [7, 11) is 0. The summed E-state index contributed by atoms with van der Waals surface area (Å²) < 4.78 is 9.75. The Morgan fingerprint density at radius 3 is 2.25 bits per heavy atom. The van der Waals surface area contributed by atoms with Crippen LogP contribution in [0.1, 0.15) is 47.0 Å². The number of unbranched alkanes of at least 4 members (excludes halogenated alkanes) is 1. The van der Waals surface area contributed by atoms with Gasteiger partial charge in [-0.3, -0.25) is 0 Å². The van der Waals surface area contributed by atoms with Gasteiger partial charge in [0.05, 0.1) is 18.8 Å². The van der Waals surface area contributed by atoms with Crippen molar-refractivity contribution in [3.05, 3.63) is 12.2 Å². The molecule has 120 valence electrons. The van der Waals surface area contributed by atoms with Crippen molar-refractivity contribution in [3.63, 3.8) is 0 Å². The normalized spacial score (nSPS) is 12.9. The first-order valence-electron chi connectivity index (χ1n) is 7.11. The summed E-state index contributed by atoms with van der Waals surface area (Å²) in [6, 6.07) is 0. The summed E-state index contributed by atoms with van der Waals surface area (Å²) in [6.45, 7) is 11.9. The Bertz CT molecular complexity index is 251. The van der Waals surface area contributed by atoms with E-state index in [4.69, 9.17) is 14.9 Å². The van der Waals surface area contributed by atoms with Crippen molar-refractivity contribution >= 4 is 5.97 Å². The molecule has 0 aliphatic rings. The maximum Gasteiger partial charge on any atom is 0.333 e. The molecule has 5 nitrogen and oxygen atoms in total. The molecule has 0 aromatic carbocycles. The van der Waals surface area contributed by atoms with Gasteiger partial charge >= 0.3 is 5.97 Å². The average molecular weight is 290 g/mol. The number of hydrogen-bond donors (Lipinski definition) is 2. The van der Waals surface area contributed by atoms with E-state index in [0.29, 0.717) is 18.6 Å². The first-order chi connectivity index (χ1) is 9.34. The molecule has 0 saturated heterocycles. The quantitative estimate of drug-likeness (QED) is 0.386. The van der Waals surface area contributed by atoms with E-state index in [1.54, 1.807) is 13.8 Å². The highest BCUT2D eigenvalue weighted by molar-refractivity contribution is 5.86. The lowest BCUT2D eigenvalue weighted by Crippen LogP contribution is -2.17. The van der Waals surface area contributed by atoms with Crippen LogP contribution in [0.4, 0.5) is 0 Å². The summed E-state index contributed by atoms with van der Waals surface area (Å²) in [4.78, 5) is 10.7. The predicted molar refractivity (Wildman–Crippen MR) is 79.5 cm³/mol. The third-order valence-corrected chi connectivity index (χ3v) is 2.23. The van der Waals surface area contributed by atoms with Crippen molar-refractivity contribution < 1.29 is 24.5 Å². The maximum atomic E-state index is 10.7. The Morgan fingerprint density at radius 2 is 1.85 bits per heavy atom. The van der Waals surface area contributed by atoms with Crippen LogP contribution in [0.15, 0.2) is 12.2 Å². The fourth-order valence-electron chi connectivity index (χ4n) is 0.913. The molecule has 2 atom stereocenters. The second-order valence-corrected chi connectivity index (χ2v) is 4.72. The van der Waals surface area contributed by atoms with Crippen molar-refractivity contribution in [1.82, 2.24) is 0 Å². The number of rotatable bonds is 9. The maximum absolute atomic E-state index is 10.7. The van der Waals surface area contributed by atoms with Crippen LogP contribution in [0.5, 0.6) is 0 Å². The SMILES string of the molecule is C=C(C)C(=O)OCC(O)CC.CCCCOCC(C)O. The highest BCUT2D eigenvalue weighted by atomic mass is 16.5. The van der Waals surface area contributed by atoms with Crippen molar-refractivity contribution in [1.29, 1.82) is 0 Å². The molecular weight excluding hydrogens is 260 g/mol. The summed E-state index contributed by atoms with van der Waals surface area (Å²) >= 11 is 0. The van der Waals surface area contributed by atoms with Crippen LogP contribution in [-0.2, 0) is 14.3 Å². The Labute approximate surface area is 122 Å². The van der Waals surface area contributed by atoms with Crippen LogP contribution >= 0.6 is 0 Å². The van der Waals surface area contributed by atoms with Crippen molar-refractivity contribution in [2.75, 3.05) is 19.8 Å². The van der Waals surface area contributed by atoms with Crippen LogP contribution in [0.2, 0.25) is 0 Å². The highest BCUT2D eigenvalue weighted by Gasteiger charge is 2.06. The van der Waals surface area contributed by atoms with E-state index in [1.807, 2.05) is 6.92 Å². The van der Waals surface area contributed by atoms with Crippen LogP contribution < -0.4 is 0 Å². The number of ether oxygens (including phenoxy) is 2. The van der Waals surface area contributed by atoms with Crippen molar-refractivity contribution in [2.45, 2.75) is 59.2 Å². The van der Waals surface area contributed by atoms with E-state index in [2.05, 4.69) is 18.2 Å². The zero-order chi connectivity index (χ0) is 16.0. The number of carbonyl (C=O) groups excluding carboxylic acids is 1. The molecule has 0 spiro atoms. The standard InChI is InChI=1S/C8H14O3.C7H16O2/c1-4-7(9)5-11-8(10)6(2)3;1-3-4-5-9-6-7(2)8/h7,9H,2,4-5H2,1,3H3;7-8H,3-6H2,1-2H3. The van der Waals surface area contributed by atoms with Crippen LogP contribution in [-0.4, -0.2) is 48.2 Å². The van der Waals surface area contributed by atoms with Gasteiger partial charge in [0, 0.05) is 12.2 Å². The van der Waals surface area contributed by atoms with Crippen LogP contribution in [0.25, 0.3) is 0 Å². The second kappa shape index (κ2) is 14.5. The summed E-state index contributed by atoms with van der Waals surface area (Å²) in [5.41, 5.74) is 0.355. The molecule has 0 rings (SSSR count). The van der Waals surface area contributed by atoms with Gasteiger partial charge in [-0.1, -0.05) is 26.8 Å². The molecule has 2 unspecified atom stereocenters. The van der Waals surface area contributed by atoms with Gasteiger partial charge < -0.3 is 19.7 Å². The Morgan fingerprint density at radius 1 is 1.25 bits per heavy atom. The molecule has 0 heterocycles. The lowest BCUT2D eigenvalue weighted by atomic mass is 10.3. The Balaban J connectivity index is 0. The minimum atomic E-state index is -0.557. The molecule has 0 radical (unpaired) electrons. The van der Waals surface area contributed by atoms with E-state index in [1.165, 1.54) is 0 Å². The van der Waals surface area contributed by atoms with Gasteiger partial charge in [0.25, 0.3) is 0 Å². The number of esters is 1. The monoisotopic (exact) mass is 290 g/mol. The van der Waals surface area contributed by atoms with Gasteiger partial charge in [0.15, 0.2) is 0 Å².